The third-order valence-electron chi connectivity index (χ3n) is 4.70. The van der Waals surface area contributed by atoms with Gasteiger partial charge in [0.25, 0.3) is 0 Å². The van der Waals surface area contributed by atoms with Crippen LogP contribution >= 0.6 is 0 Å². The molecule has 28 heavy (non-hydrogen) atoms. The molecule has 1 amide bonds. The SMILES string of the molecule is COC[C@H](Cc1ccccc1)NC(=O)C(N)c1ccc(-c2ccccc2)cc1. The number of nitrogens with two attached hydrogens (primary N) is 1. The summed E-state index contributed by atoms with van der Waals surface area (Å²) < 4.78 is 5.27. The maximum Gasteiger partial charge on any atom is 0.241 e. The molecule has 3 rings (SSSR count). The van der Waals surface area contributed by atoms with Gasteiger partial charge in [0.1, 0.15) is 6.04 Å². The van der Waals surface area contributed by atoms with Gasteiger partial charge in [-0.25, -0.2) is 0 Å². The van der Waals surface area contributed by atoms with Crippen molar-refractivity contribution in [2.24, 2.45) is 5.73 Å². The first-order valence-corrected chi connectivity index (χ1v) is 9.41. The van der Waals surface area contributed by atoms with Gasteiger partial charge in [-0.3, -0.25) is 4.79 Å². The molecule has 0 aliphatic carbocycles. The molecule has 0 heterocycles. The molecule has 144 valence electrons. The minimum Gasteiger partial charge on any atom is -0.383 e. The van der Waals surface area contributed by atoms with Crippen LogP contribution in [0.5, 0.6) is 0 Å². The van der Waals surface area contributed by atoms with Crippen molar-refractivity contribution < 1.29 is 9.53 Å². The van der Waals surface area contributed by atoms with Crippen LogP contribution in [0.4, 0.5) is 0 Å². The Morgan fingerprint density at radius 1 is 0.893 bits per heavy atom. The number of benzene rings is 3. The lowest BCUT2D eigenvalue weighted by atomic mass is 10.00. The minimum atomic E-state index is -0.722. The Labute approximate surface area is 166 Å². The molecule has 0 saturated heterocycles. The number of carbonyl (C=O) groups is 1. The second kappa shape index (κ2) is 9.83. The van der Waals surface area contributed by atoms with Crippen LogP contribution in [-0.4, -0.2) is 25.7 Å². The molecule has 4 nitrogen and oxygen atoms in total. The fraction of sp³-hybridized carbons (Fsp3) is 0.208. The maximum absolute atomic E-state index is 12.7. The van der Waals surface area contributed by atoms with Gasteiger partial charge in [0.2, 0.25) is 5.91 Å². The molecular formula is C24H26N2O2. The standard InChI is InChI=1S/C24H26N2O2/c1-28-17-22(16-18-8-4-2-5-9-18)26-24(27)23(25)21-14-12-20(13-15-21)19-10-6-3-7-11-19/h2-15,22-23H,16-17,25H2,1H3,(H,26,27)/t22-,23?/m0/s1. The highest BCUT2D eigenvalue weighted by Gasteiger charge is 2.20. The van der Waals surface area contributed by atoms with Crippen LogP contribution in [-0.2, 0) is 16.0 Å². The molecule has 1 unspecified atom stereocenters. The number of hydrogen-bond donors (Lipinski definition) is 2. The van der Waals surface area contributed by atoms with Crippen molar-refractivity contribution in [3.8, 4) is 11.1 Å². The van der Waals surface area contributed by atoms with E-state index in [1.165, 1.54) is 0 Å². The normalized spacial score (nSPS) is 12.9. The number of methoxy groups -OCH3 is 1. The average molecular weight is 374 g/mol. The number of amides is 1. The molecule has 0 saturated carbocycles. The van der Waals surface area contributed by atoms with E-state index in [1.807, 2.05) is 72.8 Å². The summed E-state index contributed by atoms with van der Waals surface area (Å²) in [6.45, 7) is 0.431. The van der Waals surface area contributed by atoms with Crippen molar-refractivity contribution in [1.82, 2.24) is 5.32 Å². The highest BCUT2D eigenvalue weighted by Crippen LogP contribution is 2.21. The Morgan fingerprint density at radius 2 is 1.46 bits per heavy atom. The van der Waals surface area contributed by atoms with Crippen molar-refractivity contribution in [1.29, 1.82) is 0 Å². The van der Waals surface area contributed by atoms with Crippen molar-refractivity contribution in [3.05, 3.63) is 96.1 Å². The van der Waals surface area contributed by atoms with E-state index in [4.69, 9.17) is 10.5 Å². The van der Waals surface area contributed by atoms with E-state index in [1.54, 1.807) is 7.11 Å². The topological polar surface area (TPSA) is 64.3 Å². The van der Waals surface area contributed by atoms with Gasteiger partial charge in [0.05, 0.1) is 12.6 Å². The molecule has 2 atom stereocenters. The molecule has 0 bridgehead atoms. The molecular weight excluding hydrogens is 348 g/mol. The molecule has 0 aliphatic heterocycles. The predicted octanol–water partition coefficient (Wildman–Crippen LogP) is 3.73. The van der Waals surface area contributed by atoms with E-state index in [2.05, 4.69) is 17.4 Å². The van der Waals surface area contributed by atoms with Gasteiger partial charge >= 0.3 is 0 Å². The summed E-state index contributed by atoms with van der Waals surface area (Å²) in [6, 6.07) is 27.1. The Kier molecular flexibility index (Phi) is 6.95. The van der Waals surface area contributed by atoms with Crippen molar-refractivity contribution >= 4 is 5.91 Å². The van der Waals surface area contributed by atoms with E-state index in [0.29, 0.717) is 13.0 Å². The molecule has 3 aromatic carbocycles. The third-order valence-corrected chi connectivity index (χ3v) is 4.70. The summed E-state index contributed by atoms with van der Waals surface area (Å²) in [5, 5.41) is 3.02. The summed E-state index contributed by atoms with van der Waals surface area (Å²) in [5.41, 5.74) is 10.4. The van der Waals surface area contributed by atoms with E-state index < -0.39 is 6.04 Å². The highest BCUT2D eigenvalue weighted by atomic mass is 16.5. The molecule has 0 aromatic heterocycles. The first-order valence-electron chi connectivity index (χ1n) is 9.41. The Bertz CT molecular complexity index is 864. The van der Waals surface area contributed by atoms with Crippen molar-refractivity contribution in [2.45, 2.75) is 18.5 Å². The Balaban J connectivity index is 1.65. The zero-order valence-electron chi connectivity index (χ0n) is 16.0. The Morgan fingerprint density at radius 3 is 2.07 bits per heavy atom. The van der Waals surface area contributed by atoms with Crippen LogP contribution in [0, 0.1) is 0 Å². The maximum atomic E-state index is 12.7. The van der Waals surface area contributed by atoms with Crippen LogP contribution in [0.25, 0.3) is 11.1 Å². The number of carbonyl (C=O) groups excluding carboxylic acids is 1. The van der Waals surface area contributed by atoms with E-state index in [0.717, 1.165) is 22.3 Å². The van der Waals surface area contributed by atoms with Crippen LogP contribution < -0.4 is 11.1 Å². The summed E-state index contributed by atoms with van der Waals surface area (Å²) >= 11 is 0. The Hall–Kier alpha value is -2.95. The van der Waals surface area contributed by atoms with Gasteiger partial charge in [-0.05, 0) is 28.7 Å². The molecule has 3 N–H and O–H groups in total. The fourth-order valence-electron chi connectivity index (χ4n) is 3.21. The first kappa shape index (κ1) is 19.8. The van der Waals surface area contributed by atoms with Gasteiger partial charge in [-0.15, -0.1) is 0 Å². The summed E-state index contributed by atoms with van der Waals surface area (Å²) in [4.78, 5) is 12.7. The molecule has 0 radical (unpaired) electrons. The average Bonchev–Trinajstić information content (AvgIpc) is 2.75. The lowest BCUT2D eigenvalue weighted by Gasteiger charge is -2.21. The molecule has 0 aliphatic rings. The van der Waals surface area contributed by atoms with Crippen LogP contribution in [0.2, 0.25) is 0 Å². The van der Waals surface area contributed by atoms with E-state index in [9.17, 15) is 4.79 Å². The van der Waals surface area contributed by atoms with Crippen LogP contribution in [0.1, 0.15) is 17.2 Å². The van der Waals surface area contributed by atoms with Gasteiger partial charge < -0.3 is 15.8 Å². The summed E-state index contributed by atoms with van der Waals surface area (Å²) in [7, 11) is 1.63. The zero-order chi connectivity index (χ0) is 19.8. The van der Waals surface area contributed by atoms with Gasteiger partial charge in [0, 0.05) is 7.11 Å². The van der Waals surface area contributed by atoms with E-state index in [-0.39, 0.29) is 11.9 Å². The lowest BCUT2D eigenvalue weighted by molar-refractivity contribution is -0.123. The van der Waals surface area contributed by atoms with Crippen molar-refractivity contribution in [3.63, 3.8) is 0 Å². The van der Waals surface area contributed by atoms with Gasteiger partial charge in [-0.1, -0.05) is 84.9 Å². The smallest absolute Gasteiger partial charge is 0.241 e. The monoisotopic (exact) mass is 374 g/mol. The number of hydrogen-bond acceptors (Lipinski definition) is 3. The van der Waals surface area contributed by atoms with Crippen LogP contribution in [0.15, 0.2) is 84.9 Å². The number of ether oxygens (including phenoxy) is 1. The molecule has 4 heteroatoms. The van der Waals surface area contributed by atoms with Crippen molar-refractivity contribution in [2.75, 3.05) is 13.7 Å². The third kappa shape index (κ3) is 5.28. The zero-order valence-corrected chi connectivity index (χ0v) is 16.0. The largest absolute Gasteiger partial charge is 0.383 e. The second-order valence-corrected chi connectivity index (χ2v) is 6.82. The molecule has 3 aromatic rings. The predicted molar refractivity (Wildman–Crippen MR) is 113 cm³/mol. The molecule has 0 spiro atoms. The van der Waals surface area contributed by atoms with Gasteiger partial charge in [-0.2, -0.15) is 0 Å². The lowest BCUT2D eigenvalue weighted by Crippen LogP contribution is -2.44. The minimum absolute atomic E-state index is 0.130. The number of rotatable bonds is 8. The highest BCUT2D eigenvalue weighted by molar-refractivity contribution is 5.83. The summed E-state index contributed by atoms with van der Waals surface area (Å²) in [6.07, 6.45) is 0.695. The van der Waals surface area contributed by atoms with Crippen LogP contribution in [0.3, 0.4) is 0 Å². The van der Waals surface area contributed by atoms with Gasteiger partial charge in [0.15, 0.2) is 0 Å². The fourth-order valence-corrected chi connectivity index (χ4v) is 3.21. The quantitative estimate of drug-likeness (QED) is 0.631. The first-order chi connectivity index (χ1) is 13.7. The number of nitrogens with one attached hydrogen (secondary N) is 1. The molecule has 0 fully saturated rings. The van der Waals surface area contributed by atoms with E-state index >= 15 is 0 Å². The second-order valence-electron chi connectivity index (χ2n) is 6.82. The summed E-state index contributed by atoms with van der Waals surface area (Å²) in [5.74, 6) is -0.203.